The Balaban J connectivity index is 2.23. The zero-order valence-electron chi connectivity index (χ0n) is 10.7. The summed E-state index contributed by atoms with van der Waals surface area (Å²) in [5, 5.41) is 0.873. The molecule has 1 saturated heterocycles. The Hall–Kier alpha value is -1.06. The topological polar surface area (TPSA) is 37.4 Å². The third-order valence-corrected chi connectivity index (χ3v) is 3.88. The van der Waals surface area contributed by atoms with E-state index in [0.29, 0.717) is 28.6 Å². The summed E-state index contributed by atoms with van der Waals surface area (Å²) >= 11 is 12.0. The van der Waals surface area contributed by atoms with Crippen molar-refractivity contribution in [2.75, 3.05) is 6.54 Å². The van der Waals surface area contributed by atoms with Crippen LogP contribution in [-0.2, 0) is 4.79 Å². The molecule has 0 aliphatic carbocycles. The lowest BCUT2D eigenvalue weighted by Gasteiger charge is -2.24. The average molecular weight is 300 g/mol. The van der Waals surface area contributed by atoms with Crippen LogP contribution in [0.3, 0.4) is 0 Å². The molecule has 19 heavy (non-hydrogen) atoms. The number of benzene rings is 1. The predicted octanol–water partition coefficient (Wildman–Crippen LogP) is 3.58. The number of hydrogen-bond acceptors (Lipinski definition) is 2. The van der Waals surface area contributed by atoms with Crippen LogP contribution in [0.5, 0.6) is 0 Å². The molecular formula is C14H15Cl2NO2. The van der Waals surface area contributed by atoms with E-state index in [2.05, 4.69) is 0 Å². The fourth-order valence-electron chi connectivity index (χ4n) is 2.46. The smallest absolute Gasteiger partial charge is 0.255 e. The molecule has 1 aliphatic rings. The monoisotopic (exact) mass is 299 g/mol. The molecular weight excluding hydrogens is 285 g/mol. The van der Waals surface area contributed by atoms with Crippen molar-refractivity contribution < 1.29 is 9.59 Å². The van der Waals surface area contributed by atoms with Gasteiger partial charge < -0.3 is 4.90 Å². The van der Waals surface area contributed by atoms with Crippen molar-refractivity contribution in [3.8, 4) is 0 Å². The summed E-state index contributed by atoms with van der Waals surface area (Å²) < 4.78 is 0. The third-order valence-electron chi connectivity index (χ3n) is 3.32. The lowest BCUT2D eigenvalue weighted by atomic mass is 10.1. The fraction of sp³-hybridized carbons (Fsp3) is 0.429. The van der Waals surface area contributed by atoms with Crippen LogP contribution in [0, 0.1) is 0 Å². The van der Waals surface area contributed by atoms with Gasteiger partial charge >= 0.3 is 0 Å². The third kappa shape index (κ3) is 3.28. The lowest BCUT2D eigenvalue weighted by Crippen LogP contribution is -2.36. The highest BCUT2D eigenvalue weighted by atomic mass is 35.5. The van der Waals surface area contributed by atoms with E-state index in [0.717, 1.165) is 12.8 Å². The minimum atomic E-state index is -0.142. The number of carbonyl (C=O) groups excluding carboxylic acids is 2. The second kappa shape index (κ2) is 5.93. The summed E-state index contributed by atoms with van der Waals surface area (Å²) in [6.45, 7) is 2.22. The Morgan fingerprint density at radius 2 is 2.11 bits per heavy atom. The number of carbonyl (C=O) groups is 2. The minimum Gasteiger partial charge on any atom is -0.335 e. The zero-order chi connectivity index (χ0) is 14.0. The van der Waals surface area contributed by atoms with Gasteiger partial charge in [0.2, 0.25) is 0 Å². The zero-order valence-corrected chi connectivity index (χ0v) is 12.2. The highest BCUT2D eigenvalue weighted by Crippen LogP contribution is 2.27. The molecule has 2 rings (SSSR count). The average Bonchev–Trinajstić information content (AvgIpc) is 2.78. The van der Waals surface area contributed by atoms with Gasteiger partial charge in [0.05, 0.1) is 10.6 Å². The maximum absolute atomic E-state index is 12.5. The van der Waals surface area contributed by atoms with Crippen molar-refractivity contribution in [2.45, 2.75) is 32.2 Å². The van der Waals surface area contributed by atoms with Gasteiger partial charge in [-0.15, -0.1) is 0 Å². The van der Waals surface area contributed by atoms with E-state index < -0.39 is 0 Å². The Labute approximate surface area is 122 Å². The summed E-state index contributed by atoms with van der Waals surface area (Å²) in [6.07, 6.45) is 2.19. The predicted molar refractivity (Wildman–Crippen MR) is 75.8 cm³/mol. The van der Waals surface area contributed by atoms with Gasteiger partial charge in [-0.05, 0) is 38.0 Å². The summed E-state index contributed by atoms with van der Waals surface area (Å²) in [5.74, 6) is -0.0434. The van der Waals surface area contributed by atoms with E-state index in [-0.39, 0.29) is 17.7 Å². The van der Waals surface area contributed by atoms with Crippen LogP contribution in [0.25, 0.3) is 0 Å². The fourth-order valence-corrected chi connectivity index (χ4v) is 2.83. The summed E-state index contributed by atoms with van der Waals surface area (Å²) in [5.41, 5.74) is 0.407. The van der Waals surface area contributed by atoms with Gasteiger partial charge in [0.1, 0.15) is 5.78 Å². The van der Waals surface area contributed by atoms with Crippen LogP contribution in [0.15, 0.2) is 18.2 Å². The van der Waals surface area contributed by atoms with Crippen molar-refractivity contribution >= 4 is 34.9 Å². The molecule has 0 bridgehead atoms. The first-order valence-corrected chi connectivity index (χ1v) is 7.00. The molecule has 0 N–H and O–H groups in total. The molecule has 3 nitrogen and oxygen atoms in total. The van der Waals surface area contributed by atoms with Gasteiger partial charge in [-0.25, -0.2) is 0 Å². The molecule has 1 aromatic rings. The Morgan fingerprint density at radius 1 is 1.37 bits per heavy atom. The molecule has 1 fully saturated rings. The van der Waals surface area contributed by atoms with E-state index in [1.165, 1.54) is 0 Å². The molecule has 1 aliphatic heterocycles. The lowest BCUT2D eigenvalue weighted by molar-refractivity contribution is -0.117. The van der Waals surface area contributed by atoms with Crippen molar-refractivity contribution in [1.29, 1.82) is 0 Å². The number of likely N-dealkylation sites (tertiary alicyclic amines) is 1. The second-order valence-electron chi connectivity index (χ2n) is 4.82. The molecule has 0 saturated carbocycles. The van der Waals surface area contributed by atoms with Gasteiger partial charge in [-0.1, -0.05) is 23.2 Å². The first-order valence-electron chi connectivity index (χ1n) is 6.24. The van der Waals surface area contributed by atoms with Crippen LogP contribution in [0.2, 0.25) is 10.0 Å². The van der Waals surface area contributed by atoms with Crippen LogP contribution in [0.1, 0.15) is 36.5 Å². The number of nitrogens with zero attached hydrogens (tertiary/aromatic N) is 1. The van der Waals surface area contributed by atoms with Crippen LogP contribution >= 0.6 is 23.2 Å². The number of hydrogen-bond donors (Lipinski definition) is 0. The Morgan fingerprint density at radius 3 is 2.79 bits per heavy atom. The van der Waals surface area contributed by atoms with Gasteiger partial charge in [-0.3, -0.25) is 9.59 Å². The van der Waals surface area contributed by atoms with E-state index in [1.54, 1.807) is 30.0 Å². The molecule has 1 atom stereocenters. The number of amides is 1. The van der Waals surface area contributed by atoms with Crippen molar-refractivity contribution in [1.82, 2.24) is 4.90 Å². The van der Waals surface area contributed by atoms with Crippen LogP contribution in [-0.4, -0.2) is 29.2 Å². The van der Waals surface area contributed by atoms with Crippen LogP contribution < -0.4 is 0 Å². The standard InChI is InChI=1S/C14H15Cl2NO2/c1-9(18)7-11-3-2-6-17(11)14(19)12-8-10(15)4-5-13(12)16/h4-5,8,11H,2-3,6-7H2,1H3. The summed E-state index contributed by atoms with van der Waals surface area (Å²) in [7, 11) is 0. The Bertz CT molecular complexity index is 516. The van der Waals surface area contributed by atoms with E-state index in [4.69, 9.17) is 23.2 Å². The summed E-state index contributed by atoms with van der Waals surface area (Å²) in [6, 6.07) is 4.83. The van der Waals surface area contributed by atoms with E-state index in [9.17, 15) is 9.59 Å². The number of halogens is 2. The highest BCUT2D eigenvalue weighted by molar-refractivity contribution is 6.35. The first-order chi connectivity index (χ1) is 8.99. The number of Topliss-reactive ketones (excluding diaryl/α,β-unsaturated/α-hetero) is 1. The maximum atomic E-state index is 12.5. The maximum Gasteiger partial charge on any atom is 0.255 e. The number of ketones is 1. The quantitative estimate of drug-likeness (QED) is 0.855. The highest BCUT2D eigenvalue weighted by Gasteiger charge is 2.31. The minimum absolute atomic E-state index is 0.0138. The van der Waals surface area contributed by atoms with Gasteiger partial charge in [0.15, 0.2) is 0 Å². The molecule has 1 heterocycles. The van der Waals surface area contributed by atoms with Crippen molar-refractivity contribution in [3.05, 3.63) is 33.8 Å². The number of rotatable bonds is 3. The summed E-state index contributed by atoms with van der Waals surface area (Å²) in [4.78, 5) is 25.5. The largest absolute Gasteiger partial charge is 0.335 e. The van der Waals surface area contributed by atoms with Crippen molar-refractivity contribution in [2.24, 2.45) is 0 Å². The molecule has 0 radical (unpaired) electrons. The molecule has 1 aromatic carbocycles. The second-order valence-corrected chi connectivity index (χ2v) is 5.67. The van der Waals surface area contributed by atoms with E-state index >= 15 is 0 Å². The molecule has 102 valence electrons. The van der Waals surface area contributed by atoms with E-state index in [1.807, 2.05) is 0 Å². The molecule has 1 amide bonds. The molecule has 1 unspecified atom stereocenters. The first kappa shape index (κ1) is 14.4. The molecule has 0 aromatic heterocycles. The van der Waals surface area contributed by atoms with Gasteiger partial charge in [-0.2, -0.15) is 0 Å². The van der Waals surface area contributed by atoms with Crippen LogP contribution in [0.4, 0.5) is 0 Å². The Kier molecular flexibility index (Phi) is 4.48. The normalized spacial score (nSPS) is 18.7. The molecule has 0 spiro atoms. The van der Waals surface area contributed by atoms with Gasteiger partial charge in [0.25, 0.3) is 5.91 Å². The van der Waals surface area contributed by atoms with Crippen molar-refractivity contribution in [3.63, 3.8) is 0 Å². The van der Waals surface area contributed by atoms with Gasteiger partial charge in [0, 0.05) is 24.0 Å². The molecule has 5 heteroatoms. The SMILES string of the molecule is CC(=O)CC1CCCN1C(=O)c1cc(Cl)ccc1Cl.